The summed E-state index contributed by atoms with van der Waals surface area (Å²) < 4.78 is 11.1. The van der Waals surface area contributed by atoms with E-state index < -0.39 is 74.2 Å². The van der Waals surface area contributed by atoms with Crippen LogP contribution in [0.15, 0.2) is 0 Å². The Morgan fingerprint density at radius 3 is 1.12 bits per heavy atom. The van der Waals surface area contributed by atoms with Crippen molar-refractivity contribution in [2.24, 2.45) is 0 Å². The number of nitrogens with one attached hydrogen (secondary N) is 1. The minimum absolute atomic E-state index is 0.263. The van der Waals surface area contributed by atoms with E-state index >= 15 is 0 Å². The van der Waals surface area contributed by atoms with E-state index in [1.807, 2.05) is 0 Å². The molecule has 1 saturated heterocycles. The van der Waals surface area contributed by atoms with Crippen LogP contribution in [0.3, 0.4) is 0 Å². The third-order valence-corrected chi connectivity index (χ3v) is 14.2. The van der Waals surface area contributed by atoms with Gasteiger partial charge in [0.25, 0.3) is 0 Å². The summed E-state index contributed by atoms with van der Waals surface area (Å²) >= 11 is 0. The molecule has 11 heteroatoms. The molecular weight excluding hydrogens is 835 g/mol. The molecule has 0 aliphatic carbocycles. The lowest BCUT2D eigenvalue weighted by atomic mass is 9.98. The van der Waals surface area contributed by atoms with Crippen molar-refractivity contribution < 1.29 is 50.0 Å². The van der Waals surface area contributed by atoms with Crippen LogP contribution >= 0.6 is 0 Å². The Kier molecular flexibility index (Phi) is 43.3. The van der Waals surface area contributed by atoms with Crippen LogP contribution in [-0.4, -0.2) is 110 Å². The highest BCUT2D eigenvalue weighted by molar-refractivity contribution is 5.80. The zero-order valence-electron chi connectivity index (χ0n) is 43.0. The summed E-state index contributed by atoms with van der Waals surface area (Å²) in [5, 5.41) is 75.7. The summed E-state index contributed by atoms with van der Waals surface area (Å²) in [6, 6.07) is -1.16. The average Bonchev–Trinajstić information content (AvgIpc) is 3.32. The first-order valence-corrected chi connectivity index (χ1v) is 28.4. The van der Waals surface area contributed by atoms with Gasteiger partial charge in [-0.2, -0.15) is 0 Å². The molecule has 0 spiro atoms. The van der Waals surface area contributed by atoms with Gasteiger partial charge < -0.3 is 50.5 Å². The largest absolute Gasteiger partial charge is 0.394 e. The van der Waals surface area contributed by atoms with Crippen LogP contribution < -0.4 is 5.32 Å². The van der Waals surface area contributed by atoms with Gasteiger partial charge in [-0.3, -0.25) is 4.79 Å². The molecule has 1 aliphatic rings. The highest BCUT2D eigenvalue weighted by atomic mass is 16.7. The second-order valence-corrected chi connectivity index (χ2v) is 20.4. The lowest BCUT2D eigenvalue weighted by Gasteiger charge is -2.40. The Balaban J connectivity index is 2.15. The first kappa shape index (κ1) is 63.1. The number of unbranched alkanes of at least 4 members (excludes halogenated alkanes) is 37. The van der Waals surface area contributed by atoms with E-state index in [0.717, 1.165) is 38.5 Å². The molecule has 0 aromatic carbocycles. The molecule has 1 amide bonds. The maximum Gasteiger partial charge on any atom is 0.249 e. The lowest BCUT2D eigenvalue weighted by Crippen LogP contribution is -2.60. The van der Waals surface area contributed by atoms with E-state index in [1.54, 1.807) is 0 Å². The molecule has 9 atom stereocenters. The summed E-state index contributed by atoms with van der Waals surface area (Å²) in [4.78, 5) is 13.0. The summed E-state index contributed by atoms with van der Waals surface area (Å²) in [5.74, 6) is -0.697. The van der Waals surface area contributed by atoms with Crippen molar-refractivity contribution in [3.05, 3.63) is 0 Å². The monoisotopic (exact) mass is 944 g/mol. The van der Waals surface area contributed by atoms with Crippen LogP contribution in [0.25, 0.3) is 0 Å². The van der Waals surface area contributed by atoms with Gasteiger partial charge in [0, 0.05) is 0 Å². The highest BCUT2D eigenvalue weighted by Gasteiger charge is 2.44. The molecule has 66 heavy (non-hydrogen) atoms. The van der Waals surface area contributed by atoms with Gasteiger partial charge >= 0.3 is 0 Å². The molecule has 1 fully saturated rings. The maximum absolute atomic E-state index is 13.0. The zero-order valence-corrected chi connectivity index (χ0v) is 43.0. The van der Waals surface area contributed by atoms with Crippen molar-refractivity contribution in [2.45, 2.75) is 332 Å². The summed E-state index contributed by atoms with van der Waals surface area (Å²) in [6.07, 6.45) is 39.3. The molecule has 0 aromatic rings. The predicted molar refractivity (Wildman–Crippen MR) is 270 cm³/mol. The molecular formula is C55H109NO10. The van der Waals surface area contributed by atoms with Gasteiger partial charge in [0.2, 0.25) is 5.91 Å². The number of amides is 1. The van der Waals surface area contributed by atoms with Gasteiger partial charge in [0.1, 0.15) is 36.6 Å². The molecule has 1 heterocycles. The number of carbonyl (C=O) groups is 1. The number of aliphatic hydroxyl groups is 7. The van der Waals surface area contributed by atoms with Gasteiger partial charge in [-0.15, -0.1) is 0 Å². The number of rotatable bonds is 49. The van der Waals surface area contributed by atoms with Gasteiger partial charge in [0.15, 0.2) is 6.29 Å². The van der Waals surface area contributed by atoms with E-state index in [0.29, 0.717) is 19.3 Å². The topological polar surface area (TPSA) is 189 Å². The van der Waals surface area contributed by atoms with Crippen molar-refractivity contribution in [2.75, 3.05) is 13.2 Å². The van der Waals surface area contributed by atoms with E-state index in [1.165, 1.54) is 199 Å². The number of carbonyl (C=O) groups excluding carboxylic acids is 1. The average molecular weight is 944 g/mol. The Bertz CT molecular complexity index is 1040. The van der Waals surface area contributed by atoms with Crippen molar-refractivity contribution in [1.29, 1.82) is 0 Å². The second-order valence-electron chi connectivity index (χ2n) is 20.4. The third kappa shape index (κ3) is 33.6. The van der Waals surface area contributed by atoms with E-state index in [9.17, 15) is 40.5 Å². The smallest absolute Gasteiger partial charge is 0.249 e. The maximum atomic E-state index is 13.0. The van der Waals surface area contributed by atoms with Crippen LogP contribution in [0.2, 0.25) is 0 Å². The molecule has 11 nitrogen and oxygen atoms in total. The van der Waals surface area contributed by atoms with Gasteiger partial charge in [-0.05, 0) is 12.8 Å². The zero-order chi connectivity index (χ0) is 48.3. The molecule has 0 bridgehead atoms. The minimum atomic E-state index is -1.66. The molecule has 394 valence electrons. The van der Waals surface area contributed by atoms with Crippen molar-refractivity contribution >= 4 is 5.91 Å². The van der Waals surface area contributed by atoms with Crippen molar-refractivity contribution in [3.63, 3.8) is 0 Å². The molecule has 8 N–H and O–H groups in total. The normalized spacial score (nSPS) is 20.7. The Labute approximate surface area is 405 Å². The number of ether oxygens (including phenoxy) is 2. The Hall–Kier alpha value is -0.890. The van der Waals surface area contributed by atoms with Gasteiger partial charge in [0.05, 0.1) is 25.4 Å². The number of hydrogen-bond donors (Lipinski definition) is 8. The first-order valence-electron chi connectivity index (χ1n) is 28.4. The van der Waals surface area contributed by atoms with Crippen LogP contribution in [-0.2, 0) is 14.3 Å². The van der Waals surface area contributed by atoms with Gasteiger partial charge in [-0.25, -0.2) is 0 Å². The lowest BCUT2D eigenvalue weighted by molar-refractivity contribution is -0.303. The highest BCUT2D eigenvalue weighted by Crippen LogP contribution is 2.24. The van der Waals surface area contributed by atoms with E-state index in [-0.39, 0.29) is 6.42 Å². The number of hydrogen-bond acceptors (Lipinski definition) is 10. The molecule has 9 unspecified atom stereocenters. The van der Waals surface area contributed by atoms with Crippen molar-refractivity contribution in [3.8, 4) is 0 Å². The predicted octanol–water partition coefficient (Wildman–Crippen LogP) is 11.4. The van der Waals surface area contributed by atoms with Gasteiger partial charge in [-0.1, -0.05) is 264 Å². The first-order chi connectivity index (χ1) is 32.2. The minimum Gasteiger partial charge on any atom is -0.394 e. The SMILES string of the molecule is CCCCCCCCCCCCCCCCCCCCCCCCCCCCCCCCCC(O)C(O)C(COC1OC(CO)C(O)C(O)C1O)NC(=O)C(O)CCCCCCCCCC. The van der Waals surface area contributed by atoms with E-state index in [4.69, 9.17) is 9.47 Å². The summed E-state index contributed by atoms with van der Waals surface area (Å²) in [7, 11) is 0. The van der Waals surface area contributed by atoms with E-state index in [2.05, 4.69) is 19.2 Å². The molecule has 0 aromatic heterocycles. The number of aliphatic hydroxyl groups excluding tert-OH is 7. The molecule has 0 radical (unpaired) electrons. The summed E-state index contributed by atoms with van der Waals surface area (Å²) in [5.41, 5.74) is 0. The summed E-state index contributed by atoms with van der Waals surface area (Å²) in [6.45, 7) is 3.43. The Morgan fingerprint density at radius 2 is 0.788 bits per heavy atom. The second kappa shape index (κ2) is 45.3. The fraction of sp³-hybridized carbons (Fsp3) is 0.982. The van der Waals surface area contributed by atoms with Crippen LogP contribution in [0, 0.1) is 0 Å². The van der Waals surface area contributed by atoms with Crippen LogP contribution in [0.1, 0.15) is 277 Å². The molecule has 0 saturated carbocycles. The Morgan fingerprint density at radius 1 is 0.470 bits per heavy atom. The van der Waals surface area contributed by atoms with Crippen molar-refractivity contribution in [1.82, 2.24) is 5.32 Å². The molecule has 1 rings (SSSR count). The quantitative estimate of drug-likeness (QED) is 0.0273. The third-order valence-electron chi connectivity index (χ3n) is 14.2. The fourth-order valence-corrected chi connectivity index (χ4v) is 9.50. The standard InChI is InChI=1S/C55H109NO10/c1-3-5-7-9-11-13-14-15-16-17-18-19-20-21-22-23-24-25-26-27-28-29-30-31-32-33-34-35-37-38-40-42-47(58)50(60)46(45-65-55-53(63)52(62)51(61)49(44-57)66-55)56-54(64)48(59)43-41-39-36-12-10-8-6-4-2/h46-53,55,57-63H,3-45H2,1-2H3,(H,56,64). The van der Waals surface area contributed by atoms with Crippen LogP contribution in [0.4, 0.5) is 0 Å². The van der Waals surface area contributed by atoms with Crippen LogP contribution in [0.5, 0.6) is 0 Å². The molecule has 1 aliphatic heterocycles. The fourth-order valence-electron chi connectivity index (χ4n) is 9.50.